The predicted octanol–water partition coefficient (Wildman–Crippen LogP) is 3.22. The SMILES string of the molecule is CC(=O)c1cccc(OC(C)C(=O)NCCNC(=O)c2ccc(C(F)(F)F)cc2)c1. The number of carbonyl (C=O) groups is 3. The number of rotatable bonds is 8. The van der Waals surface area contributed by atoms with E-state index >= 15 is 0 Å². The van der Waals surface area contributed by atoms with Gasteiger partial charge in [-0.1, -0.05) is 12.1 Å². The predicted molar refractivity (Wildman–Crippen MR) is 103 cm³/mol. The van der Waals surface area contributed by atoms with Gasteiger partial charge in [-0.3, -0.25) is 14.4 Å². The molecule has 2 amide bonds. The van der Waals surface area contributed by atoms with Crippen molar-refractivity contribution in [2.75, 3.05) is 13.1 Å². The Hall–Kier alpha value is -3.36. The highest BCUT2D eigenvalue weighted by Gasteiger charge is 2.30. The van der Waals surface area contributed by atoms with E-state index in [1.165, 1.54) is 19.9 Å². The topological polar surface area (TPSA) is 84.5 Å². The number of hydrogen-bond donors (Lipinski definition) is 2. The number of amides is 2. The molecule has 160 valence electrons. The van der Waals surface area contributed by atoms with Gasteiger partial charge in [0.05, 0.1) is 5.56 Å². The zero-order valence-corrected chi connectivity index (χ0v) is 16.4. The summed E-state index contributed by atoms with van der Waals surface area (Å²) in [4.78, 5) is 35.4. The van der Waals surface area contributed by atoms with E-state index in [0.29, 0.717) is 11.3 Å². The van der Waals surface area contributed by atoms with Crippen LogP contribution in [0.2, 0.25) is 0 Å². The van der Waals surface area contributed by atoms with Gasteiger partial charge in [0, 0.05) is 24.2 Å². The number of ketones is 1. The summed E-state index contributed by atoms with van der Waals surface area (Å²) in [5.41, 5.74) is -0.295. The van der Waals surface area contributed by atoms with Crippen LogP contribution in [0.1, 0.15) is 40.1 Å². The molecule has 0 saturated carbocycles. The van der Waals surface area contributed by atoms with E-state index in [-0.39, 0.29) is 24.4 Å². The van der Waals surface area contributed by atoms with Gasteiger partial charge in [0.15, 0.2) is 11.9 Å². The van der Waals surface area contributed by atoms with Gasteiger partial charge >= 0.3 is 6.18 Å². The number of benzene rings is 2. The lowest BCUT2D eigenvalue weighted by atomic mass is 10.1. The summed E-state index contributed by atoms with van der Waals surface area (Å²) in [7, 11) is 0. The van der Waals surface area contributed by atoms with Crippen molar-refractivity contribution < 1.29 is 32.3 Å². The maximum absolute atomic E-state index is 12.5. The smallest absolute Gasteiger partial charge is 0.416 e. The molecule has 9 heteroatoms. The number of ether oxygens (including phenoxy) is 1. The van der Waals surface area contributed by atoms with E-state index in [0.717, 1.165) is 24.3 Å². The summed E-state index contributed by atoms with van der Waals surface area (Å²) in [6.07, 6.45) is -5.30. The van der Waals surface area contributed by atoms with Crippen LogP contribution >= 0.6 is 0 Å². The van der Waals surface area contributed by atoms with Crippen molar-refractivity contribution in [2.24, 2.45) is 0 Å². The average Bonchev–Trinajstić information content (AvgIpc) is 2.70. The Labute approximate surface area is 171 Å². The van der Waals surface area contributed by atoms with Gasteiger partial charge in [-0.2, -0.15) is 13.2 Å². The fourth-order valence-electron chi connectivity index (χ4n) is 2.46. The van der Waals surface area contributed by atoms with Crippen molar-refractivity contribution >= 4 is 17.6 Å². The second kappa shape index (κ2) is 9.91. The molecule has 1 unspecified atom stereocenters. The summed E-state index contributed by atoms with van der Waals surface area (Å²) in [6, 6.07) is 10.3. The highest BCUT2D eigenvalue weighted by Crippen LogP contribution is 2.29. The number of halogens is 3. The highest BCUT2D eigenvalue weighted by atomic mass is 19.4. The van der Waals surface area contributed by atoms with Crippen LogP contribution in [0.25, 0.3) is 0 Å². The molecule has 6 nitrogen and oxygen atoms in total. The van der Waals surface area contributed by atoms with E-state index in [4.69, 9.17) is 4.74 Å². The minimum absolute atomic E-state index is 0.0800. The number of Topliss-reactive ketones (excluding diaryl/α,β-unsaturated/α-hetero) is 1. The summed E-state index contributed by atoms with van der Waals surface area (Å²) in [5.74, 6) is -0.724. The molecular formula is C21H21F3N2O4. The Morgan fingerprint density at radius 1 is 0.967 bits per heavy atom. The lowest BCUT2D eigenvalue weighted by Gasteiger charge is -2.15. The molecule has 2 rings (SSSR count). The van der Waals surface area contributed by atoms with Gasteiger partial charge in [0.2, 0.25) is 0 Å². The average molecular weight is 422 g/mol. The van der Waals surface area contributed by atoms with Crippen LogP contribution in [0.4, 0.5) is 13.2 Å². The molecule has 0 heterocycles. The zero-order valence-electron chi connectivity index (χ0n) is 16.4. The van der Waals surface area contributed by atoms with Crippen LogP contribution in [-0.2, 0) is 11.0 Å². The number of hydrogen-bond acceptors (Lipinski definition) is 4. The molecule has 30 heavy (non-hydrogen) atoms. The number of nitrogens with one attached hydrogen (secondary N) is 2. The second-order valence-electron chi connectivity index (χ2n) is 6.47. The van der Waals surface area contributed by atoms with Gasteiger partial charge in [-0.05, 0) is 50.2 Å². The van der Waals surface area contributed by atoms with Crippen LogP contribution in [0, 0.1) is 0 Å². The fourth-order valence-corrected chi connectivity index (χ4v) is 2.46. The van der Waals surface area contributed by atoms with Crippen LogP contribution in [0.5, 0.6) is 5.75 Å². The Kier molecular flexibility index (Phi) is 7.57. The Morgan fingerprint density at radius 3 is 2.20 bits per heavy atom. The standard InChI is InChI=1S/C21H21F3N2O4/c1-13(27)16-4-3-5-18(12-16)30-14(2)19(28)25-10-11-26-20(29)15-6-8-17(9-7-15)21(22,23)24/h3-9,12,14H,10-11H2,1-2H3,(H,25,28)(H,26,29). The summed E-state index contributed by atoms with van der Waals surface area (Å²) in [6.45, 7) is 3.15. The third-order valence-electron chi connectivity index (χ3n) is 4.11. The van der Waals surface area contributed by atoms with Crippen molar-refractivity contribution in [1.82, 2.24) is 10.6 Å². The van der Waals surface area contributed by atoms with Crippen molar-refractivity contribution in [2.45, 2.75) is 26.1 Å². The first-order valence-corrected chi connectivity index (χ1v) is 9.09. The molecule has 2 N–H and O–H groups in total. The van der Waals surface area contributed by atoms with Crippen molar-refractivity contribution in [3.05, 3.63) is 65.2 Å². The first kappa shape index (κ1) is 22.9. The molecular weight excluding hydrogens is 401 g/mol. The Bertz CT molecular complexity index is 911. The van der Waals surface area contributed by atoms with Crippen molar-refractivity contribution in [3.63, 3.8) is 0 Å². The monoisotopic (exact) mass is 422 g/mol. The van der Waals surface area contributed by atoms with Gasteiger partial charge in [-0.15, -0.1) is 0 Å². The summed E-state index contributed by atoms with van der Waals surface area (Å²) in [5, 5.41) is 5.09. The third-order valence-corrected chi connectivity index (χ3v) is 4.11. The molecule has 0 bridgehead atoms. The maximum Gasteiger partial charge on any atom is 0.416 e. The maximum atomic E-state index is 12.5. The first-order valence-electron chi connectivity index (χ1n) is 9.09. The molecule has 2 aromatic carbocycles. The third kappa shape index (κ3) is 6.61. The number of alkyl halides is 3. The molecule has 0 aromatic heterocycles. The lowest BCUT2D eigenvalue weighted by Crippen LogP contribution is -2.40. The van der Waals surface area contributed by atoms with Gasteiger partial charge in [0.25, 0.3) is 11.8 Å². The minimum atomic E-state index is -4.47. The summed E-state index contributed by atoms with van der Waals surface area (Å²) >= 11 is 0. The first-order chi connectivity index (χ1) is 14.1. The van der Waals surface area contributed by atoms with Crippen LogP contribution in [0.15, 0.2) is 48.5 Å². The molecule has 2 aromatic rings. The van der Waals surface area contributed by atoms with Crippen LogP contribution in [-0.4, -0.2) is 36.8 Å². The van der Waals surface area contributed by atoms with Crippen molar-refractivity contribution in [1.29, 1.82) is 0 Å². The number of carbonyl (C=O) groups excluding carboxylic acids is 3. The summed E-state index contributed by atoms with van der Waals surface area (Å²) < 4.78 is 43.1. The molecule has 0 aliphatic heterocycles. The molecule has 0 aliphatic rings. The van der Waals surface area contributed by atoms with E-state index < -0.39 is 29.7 Å². The van der Waals surface area contributed by atoms with E-state index in [2.05, 4.69) is 10.6 Å². The fraction of sp³-hybridized carbons (Fsp3) is 0.286. The molecule has 1 atom stereocenters. The van der Waals surface area contributed by atoms with Gasteiger partial charge < -0.3 is 15.4 Å². The molecule has 0 fully saturated rings. The Balaban J connectivity index is 1.76. The minimum Gasteiger partial charge on any atom is -0.481 e. The quantitative estimate of drug-likeness (QED) is 0.505. The van der Waals surface area contributed by atoms with Crippen LogP contribution in [0.3, 0.4) is 0 Å². The molecule has 0 radical (unpaired) electrons. The van der Waals surface area contributed by atoms with Gasteiger partial charge in [0.1, 0.15) is 5.75 Å². The molecule has 0 aliphatic carbocycles. The normalized spacial score (nSPS) is 12.0. The highest BCUT2D eigenvalue weighted by molar-refractivity contribution is 5.94. The van der Waals surface area contributed by atoms with E-state index in [9.17, 15) is 27.6 Å². The second-order valence-corrected chi connectivity index (χ2v) is 6.47. The van der Waals surface area contributed by atoms with E-state index in [1.54, 1.807) is 18.2 Å². The molecule has 0 saturated heterocycles. The largest absolute Gasteiger partial charge is 0.481 e. The molecule has 0 spiro atoms. The van der Waals surface area contributed by atoms with Crippen molar-refractivity contribution in [3.8, 4) is 5.75 Å². The zero-order chi connectivity index (χ0) is 22.3. The lowest BCUT2D eigenvalue weighted by molar-refractivity contribution is -0.137. The van der Waals surface area contributed by atoms with Crippen LogP contribution < -0.4 is 15.4 Å². The Morgan fingerprint density at radius 2 is 1.60 bits per heavy atom. The van der Waals surface area contributed by atoms with E-state index in [1.807, 2.05) is 0 Å². The van der Waals surface area contributed by atoms with Gasteiger partial charge in [-0.25, -0.2) is 0 Å².